The normalized spacial score (nSPS) is 12.6. The summed E-state index contributed by atoms with van der Waals surface area (Å²) in [6, 6.07) is 7.59. The smallest absolute Gasteiger partial charge is 0.327 e. The molecule has 106 valence electrons. The van der Waals surface area contributed by atoms with Crippen LogP contribution in [0.1, 0.15) is 32.4 Å². The monoisotopic (exact) mass is 272 g/mol. The molecule has 1 aromatic heterocycles. The van der Waals surface area contributed by atoms with E-state index in [-0.39, 0.29) is 12.0 Å². The molecular weight excluding hydrogens is 252 g/mol. The van der Waals surface area contributed by atoms with Gasteiger partial charge in [-0.05, 0) is 26.2 Å². The average Bonchev–Trinajstić information content (AvgIpc) is 2.44. The Labute approximate surface area is 119 Å². The molecule has 0 amide bonds. The standard InChI is InChI=1S/C16H20N2O2/c1-4-20-16(19)15(18-11(2)3)14-10-17-9-12-7-5-6-8-13(12)14/h5-11,15,18H,4H2,1-3H3. The van der Waals surface area contributed by atoms with Crippen molar-refractivity contribution in [2.45, 2.75) is 32.9 Å². The summed E-state index contributed by atoms with van der Waals surface area (Å²) in [7, 11) is 0. The highest BCUT2D eigenvalue weighted by Crippen LogP contribution is 2.24. The number of fused-ring (bicyclic) bond motifs is 1. The van der Waals surface area contributed by atoms with Gasteiger partial charge in [0.25, 0.3) is 0 Å². The summed E-state index contributed by atoms with van der Waals surface area (Å²) in [4.78, 5) is 16.4. The molecule has 20 heavy (non-hydrogen) atoms. The lowest BCUT2D eigenvalue weighted by Gasteiger charge is -2.21. The molecule has 0 radical (unpaired) electrons. The maximum absolute atomic E-state index is 12.2. The van der Waals surface area contributed by atoms with Gasteiger partial charge in [-0.25, -0.2) is 4.79 Å². The number of hydrogen-bond acceptors (Lipinski definition) is 4. The Bertz CT molecular complexity index is 591. The van der Waals surface area contributed by atoms with Crippen LogP contribution in [0.25, 0.3) is 10.8 Å². The Hall–Kier alpha value is -1.94. The van der Waals surface area contributed by atoms with Crippen LogP contribution in [0.2, 0.25) is 0 Å². The predicted molar refractivity (Wildman–Crippen MR) is 79.4 cm³/mol. The molecule has 0 saturated heterocycles. The average molecular weight is 272 g/mol. The van der Waals surface area contributed by atoms with Crippen molar-refractivity contribution >= 4 is 16.7 Å². The minimum Gasteiger partial charge on any atom is -0.465 e. The number of hydrogen-bond donors (Lipinski definition) is 1. The van der Waals surface area contributed by atoms with Crippen LogP contribution >= 0.6 is 0 Å². The first-order valence-electron chi connectivity index (χ1n) is 6.88. The largest absolute Gasteiger partial charge is 0.465 e. The minimum atomic E-state index is -0.492. The van der Waals surface area contributed by atoms with Crippen LogP contribution in [0.3, 0.4) is 0 Å². The summed E-state index contributed by atoms with van der Waals surface area (Å²) < 4.78 is 5.18. The Balaban J connectivity index is 2.47. The molecule has 1 atom stereocenters. The van der Waals surface area contributed by atoms with Crippen LogP contribution in [0.4, 0.5) is 0 Å². The van der Waals surface area contributed by atoms with Gasteiger partial charge in [0, 0.05) is 29.4 Å². The molecular formula is C16H20N2O2. The van der Waals surface area contributed by atoms with E-state index >= 15 is 0 Å². The zero-order chi connectivity index (χ0) is 14.5. The van der Waals surface area contributed by atoms with Gasteiger partial charge in [-0.2, -0.15) is 0 Å². The lowest BCUT2D eigenvalue weighted by molar-refractivity contribution is -0.146. The number of carbonyl (C=O) groups excluding carboxylic acids is 1. The molecule has 4 nitrogen and oxygen atoms in total. The molecule has 1 unspecified atom stereocenters. The second-order valence-corrected chi connectivity index (χ2v) is 4.96. The van der Waals surface area contributed by atoms with Crippen LogP contribution in [0, 0.1) is 0 Å². The topological polar surface area (TPSA) is 51.2 Å². The van der Waals surface area contributed by atoms with Crippen molar-refractivity contribution in [3.63, 3.8) is 0 Å². The van der Waals surface area contributed by atoms with Crippen molar-refractivity contribution in [2.75, 3.05) is 6.61 Å². The lowest BCUT2D eigenvalue weighted by atomic mass is 10.0. The fourth-order valence-electron chi connectivity index (χ4n) is 2.21. The SMILES string of the molecule is CCOC(=O)C(NC(C)C)c1cncc2ccccc12. The fourth-order valence-corrected chi connectivity index (χ4v) is 2.21. The number of aromatic nitrogens is 1. The van der Waals surface area contributed by atoms with Gasteiger partial charge in [0.05, 0.1) is 6.61 Å². The molecule has 0 aliphatic carbocycles. The summed E-state index contributed by atoms with van der Waals surface area (Å²) in [6.07, 6.45) is 3.54. The molecule has 0 aliphatic rings. The first-order chi connectivity index (χ1) is 9.63. The second-order valence-electron chi connectivity index (χ2n) is 4.96. The maximum atomic E-state index is 12.2. The predicted octanol–water partition coefficient (Wildman–Crippen LogP) is 2.84. The first-order valence-corrected chi connectivity index (χ1v) is 6.88. The highest BCUT2D eigenvalue weighted by Gasteiger charge is 2.24. The Morgan fingerprint density at radius 2 is 2.05 bits per heavy atom. The van der Waals surface area contributed by atoms with E-state index in [0.717, 1.165) is 16.3 Å². The van der Waals surface area contributed by atoms with Gasteiger partial charge in [0.1, 0.15) is 6.04 Å². The molecule has 0 spiro atoms. The van der Waals surface area contributed by atoms with Crippen LogP contribution in [-0.2, 0) is 9.53 Å². The first kappa shape index (κ1) is 14.5. The third kappa shape index (κ3) is 3.14. The number of rotatable bonds is 5. The van der Waals surface area contributed by atoms with Gasteiger partial charge in [-0.15, -0.1) is 0 Å². The zero-order valence-corrected chi connectivity index (χ0v) is 12.1. The minimum absolute atomic E-state index is 0.170. The van der Waals surface area contributed by atoms with Crippen LogP contribution in [-0.4, -0.2) is 23.6 Å². The number of nitrogens with one attached hydrogen (secondary N) is 1. The molecule has 0 bridgehead atoms. The number of ether oxygens (including phenoxy) is 1. The molecule has 0 fully saturated rings. The van der Waals surface area contributed by atoms with Gasteiger partial charge in [0.2, 0.25) is 0 Å². The Kier molecular flexibility index (Phi) is 4.69. The van der Waals surface area contributed by atoms with E-state index in [1.807, 2.05) is 45.0 Å². The quantitative estimate of drug-likeness (QED) is 0.850. The van der Waals surface area contributed by atoms with Gasteiger partial charge in [0.15, 0.2) is 0 Å². The third-order valence-electron chi connectivity index (χ3n) is 3.03. The Morgan fingerprint density at radius 1 is 1.30 bits per heavy atom. The van der Waals surface area contributed by atoms with E-state index in [1.54, 1.807) is 12.4 Å². The molecule has 1 aromatic carbocycles. The van der Waals surface area contributed by atoms with E-state index in [2.05, 4.69) is 10.3 Å². The van der Waals surface area contributed by atoms with Crippen molar-refractivity contribution in [2.24, 2.45) is 0 Å². The molecule has 1 N–H and O–H groups in total. The number of esters is 1. The summed E-state index contributed by atoms with van der Waals surface area (Å²) >= 11 is 0. The number of pyridine rings is 1. The molecule has 0 saturated carbocycles. The molecule has 0 aliphatic heterocycles. The van der Waals surface area contributed by atoms with Gasteiger partial charge in [-0.3, -0.25) is 10.3 Å². The van der Waals surface area contributed by atoms with Crippen LogP contribution < -0.4 is 5.32 Å². The van der Waals surface area contributed by atoms with Crippen LogP contribution in [0.5, 0.6) is 0 Å². The van der Waals surface area contributed by atoms with E-state index < -0.39 is 6.04 Å². The summed E-state index contributed by atoms with van der Waals surface area (Å²) in [5, 5.41) is 5.30. The maximum Gasteiger partial charge on any atom is 0.327 e. The van der Waals surface area contributed by atoms with Crippen molar-refractivity contribution in [3.8, 4) is 0 Å². The van der Waals surface area contributed by atoms with Crippen molar-refractivity contribution < 1.29 is 9.53 Å². The highest BCUT2D eigenvalue weighted by atomic mass is 16.5. The molecule has 1 heterocycles. The molecule has 2 aromatic rings. The van der Waals surface area contributed by atoms with Gasteiger partial charge >= 0.3 is 5.97 Å². The Morgan fingerprint density at radius 3 is 2.75 bits per heavy atom. The number of benzene rings is 1. The highest BCUT2D eigenvalue weighted by molar-refractivity contribution is 5.90. The van der Waals surface area contributed by atoms with Crippen molar-refractivity contribution in [1.82, 2.24) is 10.3 Å². The van der Waals surface area contributed by atoms with Crippen LogP contribution in [0.15, 0.2) is 36.7 Å². The zero-order valence-electron chi connectivity index (χ0n) is 12.1. The molecule has 2 rings (SSSR count). The summed E-state index contributed by atoms with van der Waals surface area (Å²) in [5.41, 5.74) is 0.857. The third-order valence-corrected chi connectivity index (χ3v) is 3.03. The van der Waals surface area contributed by atoms with E-state index in [4.69, 9.17) is 4.74 Å². The van der Waals surface area contributed by atoms with Gasteiger partial charge in [-0.1, -0.05) is 24.3 Å². The number of carbonyl (C=O) groups is 1. The second kappa shape index (κ2) is 6.48. The van der Waals surface area contributed by atoms with Crippen molar-refractivity contribution in [3.05, 3.63) is 42.2 Å². The summed E-state index contributed by atoms with van der Waals surface area (Å²) in [5.74, 6) is -0.264. The summed E-state index contributed by atoms with van der Waals surface area (Å²) in [6.45, 7) is 6.19. The van der Waals surface area contributed by atoms with Crippen molar-refractivity contribution in [1.29, 1.82) is 0 Å². The lowest BCUT2D eigenvalue weighted by Crippen LogP contribution is -2.35. The van der Waals surface area contributed by atoms with E-state index in [1.165, 1.54) is 0 Å². The fraction of sp³-hybridized carbons (Fsp3) is 0.375. The van der Waals surface area contributed by atoms with Gasteiger partial charge < -0.3 is 4.74 Å². The van der Waals surface area contributed by atoms with E-state index in [9.17, 15) is 4.79 Å². The van der Waals surface area contributed by atoms with E-state index in [0.29, 0.717) is 6.61 Å². The number of nitrogens with zero attached hydrogens (tertiary/aromatic N) is 1. The molecule has 4 heteroatoms.